The van der Waals surface area contributed by atoms with Crippen LogP contribution < -0.4 is 0 Å². The minimum atomic E-state index is -0.493. The van der Waals surface area contributed by atoms with Crippen LogP contribution >= 0.6 is 0 Å². The number of hydrogen-bond donors (Lipinski definition) is 0. The molecule has 0 saturated heterocycles. The lowest BCUT2D eigenvalue weighted by atomic mass is 9.67. The standard InChI is InChI=1S/C72H47N3/c1-5-17-48(18-6-1)50-29-37-54(38-30-50)66-47-67(75-71(74-66)57-43-35-51(36-44-57)49-19-7-2-8-20-49)55-39-31-52(32-40-55)53-33-41-56(42-34-53)70-62-45-46-64-69(68(62)61-26-14-16-28-65(61)73-70)60-25-13-15-27-63(60)72(64,58-21-9-3-10-22-58)59-23-11-4-12-24-59/h1-47H. The maximum atomic E-state index is 5.44. The maximum Gasteiger partial charge on any atom is 0.160 e. The average Bonchev–Trinajstić information content (AvgIpc) is 3.93. The molecule has 350 valence electrons. The lowest BCUT2D eigenvalue weighted by Crippen LogP contribution is -2.28. The van der Waals surface area contributed by atoms with E-state index >= 15 is 0 Å². The van der Waals surface area contributed by atoms with Crippen LogP contribution in [-0.2, 0) is 5.41 Å². The van der Waals surface area contributed by atoms with Crippen LogP contribution in [0.2, 0.25) is 0 Å². The molecule has 0 bridgehead atoms. The van der Waals surface area contributed by atoms with Gasteiger partial charge in [0.1, 0.15) is 0 Å². The van der Waals surface area contributed by atoms with E-state index in [0.29, 0.717) is 5.82 Å². The highest BCUT2D eigenvalue weighted by atomic mass is 14.9. The molecular weight excluding hydrogens is 907 g/mol. The average molecular weight is 954 g/mol. The van der Waals surface area contributed by atoms with E-state index in [9.17, 15) is 0 Å². The summed E-state index contributed by atoms with van der Waals surface area (Å²) in [5.41, 5.74) is 21.9. The molecule has 1 aliphatic carbocycles. The Morgan fingerprint density at radius 1 is 0.267 bits per heavy atom. The normalized spacial score (nSPS) is 12.4. The quantitative estimate of drug-likeness (QED) is 0.135. The summed E-state index contributed by atoms with van der Waals surface area (Å²) in [7, 11) is 0. The summed E-state index contributed by atoms with van der Waals surface area (Å²) in [6, 6.07) is 102. The fourth-order valence-corrected chi connectivity index (χ4v) is 11.6. The molecule has 0 unspecified atom stereocenters. The summed E-state index contributed by atoms with van der Waals surface area (Å²) in [4.78, 5) is 15.8. The molecule has 3 heteroatoms. The van der Waals surface area contributed by atoms with Gasteiger partial charge in [-0.2, -0.15) is 0 Å². The molecule has 3 nitrogen and oxygen atoms in total. The first-order valence-electron chi connectivity index (χ1n) is 25.7. The zero-order valence-corrected chi connectivity index (χ0v) is 41.0. The topological polar surface area (TPSA) is 38.7 Å². The van der Waals surface area contributed by atoms with Gasteiger partial charge in [0.15, 0.2) is 5.82 Å². The summed E-state index contributed by atoms with van der Waals surface area (Å²) >= 11 is 0. The van der Waals surface area contributed by atoms with Crippen molar-refractivity contribution in [2.75, 3.05) is 0 Å². The second-order valence-corrected chi connectivity index (χ2v) is 19.4. The summed E-state index contributed by atoms with van der Waals surface area (Å²) in [5, 5.41) is 3.53. The highest BCUT2D eigenvalue weighted by Crippen LogP contribution is 2.59. The molecule has 11 aromatic carbocycles. The Morgan fingerprint density at radius 2 is 0.680 bits per heavy atom. The fraction of sp³-hybridized carbons (Fsp3) is 0.0139. The summed E-state index contributed by atoms with van der Waals surface area (Å²) in [6.07, 6.45) is 0. The van der Waals surface area contributed by atoms with Gasteiger partial charge in [0.25, 0.3) is 0 Å². The van der Waals surface area contributed by atoms with Gasteiger partial charge in [-0.15, -0.1) is 0 Å². The minimum Gasteiger partial charge on any atom is -0.247 e. The Morgan fingerprint density at radius 3 is 1.21 bits per heavy atom. The van der Waals surface area contributed by atoms with E-state index in [-0.39, 0.29) is 0 Å². The number of pyridine rings is 1. The van der Waals surface area contributed by atoms with Crippen molar-refractivity contribution in [3.63, 3.8) is 0 Å². The van der Waals surface area contributed by atoms with E-state index in [4.69, 9.17) is 15.0 Å². The first kappa shape index (κ1) is 43.9. The Hall–Kier alpha value is -9.83. The smallest absolute Gasteiger partial charge is 0.160 e. The molecule has 0 atom stereocenters. The van der Waals surface area contributed by atoms with Crippen molar-refractivity contribution in [3.05, 3.63) is 307 Å². The maximum absolute atomic E-state index is 5.44. The zero-order valence-electron chi connectivity index (χ0n) is 41.0. The van der Waals surface area contributed by atoms with Gasteiger partial charge < -0.3 is 0 Å². The van der Waals surface area contributed by atoms with Gasteiger partial charge >= 0.3 is 0 Å². The highest BCUT2D eigenvalue weighted by molar-refractivity contribution is 6.19. The summed E-state index contributed by atoms with van der Waals surface area (Å²) in [6.45, 7) is 0. The largest absolute Gasteiger partial charge is 0.247 e. The van der Waals surface area contributed by atoms with Gasteiger partial charge in [-0.25, -0.2) is 15.0 Å². The van der Waals surface area contributed by atoms with Gasteiger partial charge in [-0.05, 0) is 78.9 Å². The lowest BCUT2D eigenvalue weighted by molar-refractivity contribution is 0.769. The molecule has 0 spiro atoms. The predicted molar refractivity (Wildman–Crippen MR) is 310 cm³/mol. The molecule has 14 rings (SSSR count). The van der Waals surface area contributed by atoms with E-state index in [1.54, 1.807) is 0 Å². The minimum absolute atomic E-state index is 0.493. The van der Waals surface area contributed by atoms with E-state index in [1.807, 2.05) is 12.1 Å². The van der Waals surface area contributed by atoms with Crippen molar-refractivity contribution in [1.82, 2.24) is 15.0 Å². The molecular formula is C72H47N3. The summed E-state index contributed by atoms with van der Waals surface area (Å²) < 4.78 is 0. The van der Waals surface area contributed by atoms with Gasteiger partial charge in [-0.3, -0.25) is 0 Å². The molecule has 13 aromatic rings. The van der Waals surface area contributed by atoms with Crippen molar-refractivity contribution in [1.29, 1.82) is 0 Å². The lowest BCUT2D eigenvalue weighted by Gasteiger charge is -2.34. The van der Waals surface area contributed by atoms with Crippen molar-refractivity contribution < 1.29 is 0 Å². The van der Waals surface area contributed by atoms with Crippen LogP contribution in [0.3, 0.4) is 0 Å². The third-order valence-electron chi connectivity index (χ3n) is 15.2. The van der Waals surface area contributed by atoms with Crippen LogP contribution in [0.4, 0.5) is 0 Å². The monoisotopic (exact) mass is 953 g/mol. The Labute approximate surface area is 436 Å². The second-order valence-electron chi connectivity index (χ2n) is 19.4. The molecule has 75 heavy (non-hydrogen) atoms. The van der Waals surface area contributed by atoms with Crippen molar-refractivity contribution in [2.45, 2.75) is 5.41 Å². The first-order chi connectivity index (χ1) is 37.2. The Kier molecular flexibility index (Phi) is 10.7. The van der Waals surface area contributed by atoms with E-state index < -0.39 is 5.41 Å². The number of para-hydroxylation sites is 1. The molecule has 0 saturated carbocycles. The van der Waals surface area contributed by atoms with Crippen LogP contribution in [0.25, 0.3) is 111 Å². The number of nitrogens with zero attached hydrogens (tertiary/aromatic N) is 3. The van der Waals surface area contributed by atoms with E-state index in [1.165, 1.54) is 55.5 Å². The number of aromatic nitrogens is 3. The Bertz CT molecular complexity index is 4070. The molecule has 0 radical (unpaired) electrons. The van der Waals surface area contributed by atoms with Crippen LogP contribution in [0.5, 0.6) is 0 Å². The fourth-order valence-electron chi connectivity index (χ4n) is 11.6. The molecule has 2 aromatic heterocycles. The van der Waals surface area contributed by atoms with Crippen LogP contribution in [0.1, 0.15) is 22.3 Å². The van der Waals surface area contributed by atoms with Gasteiger partial charge in [-0.1, -0.05) is 273 Å². The van der Waals surface area contributed by atoms with Gasteiger partial charge in [0.2, 0.25) is 0 Å². The van der Waals surface area contributed by atoms with Crippen LogP contribution in [-0.4, -0.2) is 15.0 Å². The van der Waals surface area contributed by atoms with Crippen molar-refractivity contribution in [2.24, 2.45) is 0 Å². The molecule has 0 fully saturated rings. The number of benzene rings is 11. The molecule has 1 aliphatic rings. The van der Waals surface area contributed by atoms with Gasteiger partial charge in [0, 0.05) is 38.4 Å². The molecule has 0 N–H and O–H groups in total. The van der Waals surface area contributed by atoms with Crippen molar-refractivity contribution in [3.8, 4) is 89.7 Å². The number of fused-ring (bicyclic) bond motifs is 7. The first-order valence-corrected chi connectivity index (χ1v) is 25.7. The molecule has 2 heterocycles. The van der Waals surface area contributed by atoms with Gasteiger partial charge in [0.05, 0.1) is 28.0 Å². The highest BCUT2D eigenvalue weighted by Gasteiger charge is 2.46. The van der Waals surface area contributed by atoms with E-state index in [2.05, 4.69) is 273 Å². The number of hydrogen-bond acceptors (Lipinski definition) is 3. The number of rotatable bonds is 9. The van der Waals surface area contributed by atoms with Crippen molar-refractivity contribution >= 4 is 21.7 Å². The SMILES string of the molecule is c1ccc(-c2ccc(-c3cc(-c4ccc(-c5ccc(-c6nc7ccccc7c7c8c(ccc67)C(c6ccccc6)(c6ccccc6)c6ccccc6-8)cc5)cc4)nc(-c4ccc(-c5ccccc5)cc4)n3)cc2)cc1. The third kappa shape index (κ3) is 7.56. The predicted octanol–water partition coefficient (Wildman–Crippen LogP) is 18.2. The Balaban J connectivity index is 0.835. The summed E-state index contributed by atoms with van der Waals surface area (Å²) in [5.74, 6) is 0.685. The van der Waals surface area contributed by atoms with E-state index in [0.717, 1.165) is 72.3 Å². The third-order valence-corrected chi connectivity index (χ3v) is 15.2. The second kappa shape index (κ2) is 18.3. The van der Waals surface area contributed by atoms with Crippen LogP contribution in [0.15, 0.2) is 285 Å². The molecule has 0 amide bonds. The zero-order chi connectivity index (χ0) is 49.7. The van der Waals surface area contributed by atoms with Crippen LogP contribution in [0, 0.1) is 0 Å². The molecule has 0 aliphatic heterocycles.